The molecule has 0 N–H and O–H groups in total. The Balaban J connectivity index is 1.51. The van der Waals surface area contributed by atoms with Gasteiger partial charge >= 0.3 is 0 Å². The van der Waals surface area contributed by atoms with Crippen LogP contribution in [0.2, 0.25) is 0 Å². The summed E-state index contributed by atoms with van der Waals surface area (Å²) in [6.07, 6.45) is 6.56. The fraction of sp³-hybridized carbons (Fsp3) is 0.591. The first-order chi connectivity index (χ1) is 15.2. The standard InChI is InChI=1S/C22H29N7O2/c1-4-31-22-16-12-28(10-9-17(16)26-20(27-22)15-7-8-15)21-19-18(6-5-11-30-3)25-14(2)29(19)24-13-23-21/h13,15H,4-12H2,1-3H3. The molecule has 3 aromatic heterocycles. The second-order valence-electron chi connectivity index (χ2n) is 8.24. The summed E-state index contributed by atoms with van der Waals surface area (Å²) in [5.41, 5.74) is 4.19. The van der Waals surface area contributed by atoms with Gasteiger partial charge in [-0.1, -0.05) is 0 Å². The maximum absolute atomic E-state index is 5.95. The smallest absolute Gasteiger partial charge is 0.222 e. The highest BCUT2D eigenvalue weighted by atomic mass is 16.5. The zero-order valence-corrected chi connectivity index (χ0v) is 18.5. The Labute approximate surface area is 181 Å². The van der Waals surface area contributed by atoms with Crippen molar-refractivity contribution in [1.82, 2.24) is 29.5 Å². The topological polar surface area (TPSA) is 90.6 Å². The number of imidazole rings is 1. The van der Waals surface area contributed by atoms with E-state index in [1.807, 2.05) is 18.4 Å². The van der Waals surface area contributed by atoms with E-state index in [0.717, 1.165) is 71.6 Å². The van der Waals surface area contributed by atoms with Crippen LogP contribution in [0.4, 0.5) is 5.82 Å². The molecule has 0 atom stereocenters. The van der Waals surface area contributed by atoms with E-state index >= 15 is 0 Å². The molecule has 0 amide bonds. The van der Waals surface area contributed by atoms with Crippen LogP contribution in [0, 0.1) is 6.92 Å². The monoisotopic (exact) mass is 423 g/mol. The van der Waals surface area contributed by atoms with Crippen molar-refractivity contribution in [3.63, 3.8) is 0 Å². The van der Waals surface area contributed by atoms with Gasteiger partial charge in [-0.05, 0) is 39.5 Å². The highest BCUT2D eigenvalue weighted by Gasteiger charge is 2.32. The molecule has 0 saturated heterocycles. The summed E-state index contributed by atoms with van der Waals surface area (Å²) in [6, 6.07) is 0. The first kappa shape index (κ1) is 20.1. The van der Waals surface area contributed by atoms with Gasteiger partial charge in [0.15, 0.2) is 5.82 Å². The number of nitrogens with zero attached hydrogens (tertiary/aromatic N) is 7. The van der Waals surface area contributed by atoms with Crippen molar-refractivity contribution in [3.05, 3.63) is 34.9 Å². The molecular weight excluding hydrogens is 394 g/mol. The molecule has 9 heteroatoms. The van der Waals surface area contributed by atoms with Gasteiger partial charge < -0.3 is 14.4 Å². The Hall–Kier alpha value is -2.81. The summed E-state index contributed by atoms with van der Waals surface area (Å²) in [5, 5.41) is 4.45. The van der Waals surface area contributed by atoms with E-state index in [4.69, 9.17) is 24.4 Å². The summed E-state index contributed by atoms with van der Waals surface area (Å²) >= 11 is 0. The van der Waals surface area contributed by atoms with E-state index in [1.54, 1.807) is 13.4 Å². The predicted octanol–water partition coefficient (Wildman–Crippen LogP) is 2.64. The second-order valence-corrected chi connectivity index (χ2v) is 8.24. The molecule has 5 rings (SSSR count). The average molecular weight is 424 g/mol. The van der Waals surface area contributed by atoms with Gasteiger partial charge in [0, 0.05) is 32.6 Å². The van der Waals surface area contributed by atoms with Crippen molar-refractivity contribution < 1.29 is 9.47 Å². The van der Waals surface area contributed by atoms with Gasteiger partial charge in [0.1, 0.15) is 23.5 Å². The van der Waals surface area contributed by atoms with Crippen molar-refractivity contribution in [3.8, 4) is 5.88 Å². The van der Waals surface area contributed by atoms with Crippen LogP contribution in [-0.2, 0) is 24.1 Å². The number of aromatic nitrogens is 6. The molecule has 0 bridgehead atoms. The quantitative estimate of drug-likeness (QED) is 0.511. The Kier molecular flexibility index (Phi) is 5.43. The number of fused-ring (bicyclic) bond motifs is 2. The molecular formula is C22H29N7O2. The maximum atomic E-state index is 5.95. The lowest BCUT2D eigenvalue weighted by Crippen LogP contribution is -2.33. The summed E-state index contributed by atoms with van der Waals surface area (Å²) in [5.74, 6) is 3.97. The third-order valence-electron chi connectivity index (χ3n) is 5.97. The number of hydrogen-bond donors (Lipinski definition) is 0. The molecule has 0 aromatic carbocycles. The van der Waals surface area contributed by atoms with Gasteiger partial charge in [-0.2, -0.15) is 10.1 Å². The molecule has 2 aliphatic rings. The molecule has 4 heterocycles. The summed E-state index contributed by atoms with van der Waals surface area (Å²) < 4.78 is 13.1. The molecule has 9 nitrogen and oxygen atoms in total. The molecule has 1 aliphatic heterocycles. The van der Waals surface area contributed by atoms with E-state index in [9.17, 15) is 0 Å². The van der Waals surface area contributed by atoms with Gasteiger partial charge in [-0.25, -0.2) is 19.5 Å². The maximum Gasteiger partial charge on any atom is 0.222 e. The minimum atomic E-state index is 0.508. The van der Waals surface area contributed by atoms with E-state index in [1.165, 1.54) is 12.8 Å². The van der Waals surface area contributed by atoms with E-state index < -0.39 is 0 Å². The van der Waals surface area contributed by atoms with Crippen molar-refractivity contribution in [1.29, 1.82) is 0 Å². The van der Waals surface area contributed by atoms with Gasteiger partial charge in [-0.15, -0.1) is 0 Å². The van der Waals surface area contributed by atoms with Crippen LogP contribution in [0.15, 0.2) is 6.33 Å². The van der Waals surface area contributed by atoms with Crippen molar-refractivity contribution in [2.24, 2.45) is 0 Å². The van der Waals surface area contributed by atoms with Gasteiger partial charge in [0.05, 0.1) is 30.1 Å². The van der Waals surface area contributed by atoms with E-state index in [2.05, 4.69) is 15.0 Å². The molecule has 1 saturated carbocycles. The zero-order chi connectivity index (χ0) is 21.4. The minimum absolute atomic E-state index is 0.508. The molecule has 164 valence electrons. The van der Waals surface area contributed by atoms with Gasteiger partial charge in [0.2, 0.25) is 5.88 Å². The fourth-order valence-corrected chi connectivity index (χ4v) is 4.29. The molecule has 31 heavy (non-hydrogen) atoms. The molecule has 0 radical (unpaired) electrons. The first-order valence-corrected chi connectivity index (χ1v) is 11.1. The van der Waals surface area contributed by atoms with Crippen molar-refractivity contribution in [2.75, 3.05) is 31.8 Å². The molecule has 0 spiro atoms. The Morgan fingerprint density at radius 1 is 1.19 bits per heavy atom. The van der Waals surface area contributed by atoms with Gasteiger partial charge in [-0.3, -0.25) is 0 Å². The lowest BCUT2D eigenvalue weighted by atomic mass is 10.1. The largest absolute Gasteiger partial charge is 0.478 e. The van der Waals surface area contributed by atoms with Crippen LogP contribution in [0.5, 0.6) is 5.88 Å². The number of rotatable bonds is 8. The van der Waals surface area contributed by atoms with Crippen LogP contribution in [-0.4, -0.2) is 56.4 Å². The number of anilines is 1. The number of ether oxygens (including phenoxy) is 2. The fourth-order valence-electron chi connectivity index (χ4n) is 4.29. The third-order valence-corrected chi connectivity index (χ3v) is 5.97. The minimum Gasteiger partial charge on any atom is -0.478 e. The number of hydrogen-bond acceptors (Lipinski definition) is 8. The lowest BCUT2D eigenvalue weighted by molar-refractivity contribution is 0.195. The van der Waals surface area contributed by atoms with Crippen LogP contribution < -0.4 is 9.64 Å². The third kappa shape index (κ3) is 3.82. The Bertz CT molecular complexity index is 1090. The van der Waals surface area contributed by atoms with Crippen LogP contribution in [0.1, 0.15) is 60.7 Å². The van der Waals surface area contributed by atoms with Crippen molar-refractivity contribution >= 4 is 11.3 Å². The lowest BCUT2D eigenvalue weighted by Gasteiger charge is -2.30. The van der Waals surface area contributed by atoms with Crippen LogP contribution >= 0.6 is 0 Å². The summed E-state index contributed by atoms with van der Waals surface area (Å²) in [4.78, 5) is 21.4. The molecule has 0 unspecified atom stereocenters. The highest BCUT2D eigenvalue weighted by molar-refractivity contribution is 5.72. The van der Waals surface area contributed by atoms with Crippen molar-refractivity contribution in [2.45, 2.75) is 58.4 Å². The zero-order valence-electron chi connectivity index (χ0n) is 18.5. The SMILES string of the molecule is CCOc1nc(C2CC2)nc2c1CN(c1ncnn3c(C)nc(CCCOC)c13)CC2. The van der Waals surface area contributed by atoms with E-state index in [0.29, 0.717) is 25.7 Å². The Morgan fingerprint density at radius 3 is 2.84 bits per heavy atom. The molecule has 3 aromatic rings. The van der Waals surface area contributed by atoms with Crippen LogP contribution in [0.25, 0.3) is 5.52 Å². The predicted molar refractivity (Wildman–Crippen MR) is 116 cm³/mol. The summed E-state index contributed by atoms with van der Waals surface area (Å²) in [6.45, 7) is 6.79. The van der Waals surface area contributed by atoms with E-state index in [-0.39, 0.29) is 0 Å². The summed E-state index contributed by atoms with van der Waals surface area (Å²) in [7, 11) is 1.73. The number of methoxy groups -OCH3 is 1. The van der Waals surface area contributed by atoms with Crippen LogP contribution in [0.3, 0.4) is 0 Å². The Morgan fingerprint density at radius 2 is 2.06 bits per heavy atom. The molecule has 1 aliphatic carbocycles. The van der Waals surface area contributed by atoms with Gasteiger partial charge in [0.25, 0.3) is 0 Å². The second kappa shape index (κ2) is 8.37. The normalized spacial score (nSPS) is 16.0. The molecule has 1 fully saturated rings. The first-order valence-electron chi connectivity index (χ1n) is 11.1. The number of aryl methyl sites for hydroxylation is 2. The average Bonchev–Trinajstić information content (AvgIpc) is 3.58. The highest BCUT2D eigenvalue weighted by Crippen LogP contribution is 2.40.